The fraction of sp³-hybridized carbons (Fsp3) is 0.278. The number of nitrogens with one attached hydrogen (secondary N) is 2. The average Bonchev–Trinajstić information content (AvgIpc) is 2.99. The molecule has 2 aliphatic heterocycles. The fourth-order valence-electron chi connectivity index (χ4n) is 3.18. The molecule has 5 nitrogen and oxygen atoms in total. The number of hydrogen-bond donors (Lipinski definition) is 2. The minimum Gasteiger partial charge on any atom is -0.491 e. The van der Waals surface area contributed by atoms with E-state index in [0.29, 0.717) is 25.2 Å². The molecule has 2 aromatic carbocycles. The van der Waals surface area contributed by atoms with E-state index in [0.717, 1.165) is 11.3 Å². The molecular formula is C18H17FN2O3. The maximum Gasteiger partial charge on any atom is 0.315 e. The summed E-state index contributed by atoms with van der Waals surface area (Å²) >= 11 is 0. The molecule has 2 aliphatic rings. The highest BCUT2D eigenvalue weighted by molar-refractivity contribution is 5.75. The highest BCUT2D eigenvalue weighted by Gasteiger charge is 2.28. The molecule has 2 heterocycles. The first-order chi connectivity index (χ1) is 11.7. The van der Waals surface area contributed by atoms with Gasteiger partial charge in [0.1, 0.15) is 12.4 Å². The third kappa shape index (κ3) is 2.64. The predicted molar refractivity (Wildman–Crippen MR) is 85.6 cm³/mol. The number of carbonyl (C=O) groups is 1. The van der Waals surface area contributed by atoms with Crippen LogP contribution in [0.1, 0.15) is 29.6 Å². The lowest BCUT2D eigenvalue weighted by Gasteiger charge is -2.27. The number of amides is 2. The van der Waals surface area contributed by atoms with Crippen molar-refractivity contribution in [3.63, 3.8) is 0 Å². The van der Waals surface area contributed by atoms with E-state index in [1.165, 1.54) is 6.07 Å². The number of carbonyl (C=O) groups excluding carboxylic acids is 1. The summed E-state index contributed by atoms with van der Waals surface area (Å²) in [6, 6.07) is 11.6. The van der Waals surface area contributed by atoms with E-state index < -0.39 is 5.82 Å². The molecule has 0 radical (unpaired) electrons. The van der Waals surface area contributed by atoms with Gasteiger partial charge in [-0.15, -0.1) is 0 Å². The smallest absolute Gasteiger partial charge is 0.315 e. The monoisotopic (exact) mass is 328 g/mol. The van der Waals surface area contributed by atoms with Crippen LogP contribution in [-0.4, -0.2) is 19.2 Å². The van der Waals surface area contributed by atoms with Gasteiger partial charge in [-0.1, -0.05) is 30.3 Å². The van der Waals surface area contributed by atoms with Crippen molar-refractivity contribution < 1.29 is 18.7 Å². The SMILES string of the molecule is O=C(N[C@H]1CCOc2c(F)cccc21)N[C@@H]1COc2ccccc21. The quantitative estimate of drug-likeness (QED) is 0.891. The second-order valence-electron chi connectivity index (χ2n) is 5.87. The number of urea groups is 1. The average molecular weight is 328 g/mol. The Morgan fingerprint density at radius 1 is 1.00 bits per heavy atom. The van der Waals surface area contributed by atoms with Gasteiger partial charge >= 0.3 is 6.03 Å². The summed E-state index contributed by atoms with van der Waals surface area (Å²) in [5.41, 5.74) is 1.63. The molecule has 2 N–H and O–H groups in total. The van der Waals surface area contributed by atoms with Crippen LogP contribution in [0.15, 0.2) is 42.5 Å². The molecule has 0 aliphatic carbocycles. The van der Waals surface area contributed by atoms with Crippen molar-refractivity contribution in [2.75, 3.05) is 13.2 Å². The summed E-state index contributed by atoms with van der Waals surface area (Å²) in [5, 5.41) is 5.83. The zero-order valence-electron chi connectivity index (χ0n) is 12.9. The molecule has 124 valence electrons. The molecule has 0 fully saturated rings. The van der Waals surface area contributed by atoms with E-state index in [1.54, 1.807) is 12.1 Å². The van der Waals surface area contributed by atoms with Crippen molar-refractivity contribution in [1.82, 2.24) is 10.6 Å². The van der Waals surface area contributed by atoms with Crippen LogP contribution in [0, 0.1) is 5.82 Å². The number of benzene rings is 2. The summed E-state index contributed by atoms with van der Waals surface area (Å²) in [6.07, 6.45) is 0.599. The first-order valence-electron chi connectivity index (χ1n) is 7.92. The van der Waals surface area contributed by atoms with Crippen LogP contribution in [-0.2, 0) is 0 Å². The van der Waals surface area contributed by atoms with Crippen LogP contribution in [0.5, 0.6) is 11.5 Å². The molecule has 2 aromatic rings. The topological polar surface area (TPSA) is 59.6 Å². The van der Waals surface area contributed by atoms with Crippen LogP contribution in [0.4, 0.5) is 9.18 Å². The minimum atomic E-state index is -0.405. The normalized spacial score (nSPS) is 21.0. The van der Waals surface area contributed by atoms with E-state index in [1.807, 2.05) is 24.3 Å². The maximum absolute atomic E-state index is 13.8. The van der Waals surface area contributed by atoms with Gasteiger partial charge in [0.05, 0.1) is 18.7 Å². The van der Waals surface area contributed by atoms with E-state index in [9.17, 15) is 9.18 Å². The Kier molecular flexibility index (Phi) is 3.72. The summed E-state index contributed by atoms with van der Waals surface area (Å²) in [6.45, 7) is 0.778. The van der Waals surface area contributed by atoms with Gasteiger partial charge < -0.3 is 20.1 Å². The molecule has 24 heavy (non-hydrogen) atoms. The molecule has 2 atom stereocenters. The molecule has 0 saturated heterocycles. The zero-order valence-corrected chi connectivity index (χ0v) is 12.9. The molecular weight excluding hydrogens is 311 g/mol. The standard InChI is InChI=1S/C18H17FN2O3/c19-13-6-3-5-12-14(8-9-23-17(12)13)20-18(22)21-15-10-24-16-7-2-1-4-11(15)16/h1-7,14-15H,8-10H2,(H2,20,21,22)/t14-,15+/m0/s1. The van der Waals surface area contributed by atoms with Crippen molar-refractivity contribution in [3.8, 4) is 11.5 Å². The molecule has 0 aromatic heterocycles. The Bertz CT molecular complexity index is 781. The number of ether oxygens (including phenoxy) is 2. The van der Waals surface area contributed by atoms with Crippen molar-refractivity contribution in [1.29, 1.82) is 0 Å². The van der Waals surface area contributed by atoms with Crippen molar-refractivity contribution in [3.05, 3.63) is 59.4 Å². The lowest BCUT2D eigenvalue weighted by Crippen LogP contribution is -2.41. The van der Waals surface area contributed by atoms with Crippen molar-refractivity contribution >= 4 is 6.03 Å². The Balaban J connectivity index is 1.46. The second kappa shape index (κ2) is 6.03. The summed E-state index contributed by atoms with van der Waals surface area (Å²) in [4.78, 5) is 12.4. The van der Waals surface area contributed by atoms with Crippen LogP contribution in [0.25, 0.3) is 0 Å². The van der Waals surface area contributed by atoms with Gasteiger partial charge in [-0.05, 0) is 12.1 Å². The van der Waals surface area contributed by atoms with E-state index in [2.05, 4.69) is 10.6 Å². The lowest BCUT2D eigenvalue weighted by atomic mass is 10.0. The number of halogens is 1. The van der Waals surface area contributed by atoms with Crippen LogP contribution >= 0.6 is 0 Å². The summed E-state index contributed by atoms with van der Waals surface area (Å²) in [7, 11) is 0. The van der Waals surface area contributed by atoms with Gasteiger partial charge in [0.15, 0.2) is 11.6 Å². The lowest BCUT2D eigenvalue weighted by molar-refractivity contribution is 0.214. The first-order valence-corrected chi connectivity index (χ1v) is 7.92. The molecule has 0 spiro atoms. The minimum absolute atomic E-state index is 0.187. The number of para-hydroxylation sites is 2. The zero-order chi connectivity index (χ0) is 16.5. The largest absolute Gasteiger partial charge is 0.491 e. The van der Waals surface area contributed by atoms with E-state index in [4.69, 9.17) is 9.47 Å². The first kappa shape index (κ1) is 14.8. The van der Waals surface area contributed by atoms with Crippen LogP contribution in [0.2, 0.25) is 0 Å². The predicted octanol–water partition coefficient (Wildman–Crippen LogP) is 3.08. The van der Waals surface area contributed by atoms with Gasteiger partial charge in [0, 0.05) is 17.5 Å². The molecule has 0 unspecified atom stereocenters. The van der Waals surface area contributed by atoms with Gasteiger partial charge in [0.25, 0.3) is 0 Å². The number of fused-ring (bicyclic) bond motifs is 2. The Morgan fingerprint density at radius 2 is 1.79 bits per heavy atom. The van der Waals surface area contributed by atoms with Gasteiger partial charge in [-0.3, -0.25) is 0 Å². The highest BCUT2D eigenvalue weighted by Crippen LogP contribution is 2.34. The van der Waals surface area contributed by atoms with E-state index >= 15 is 0 Å². The highest BCUT2D eigenvalue weighted by atomic mass is 19.1. The Hall–Kier alpha value is -2.76. The molecule has 6 heteroatoms. The van der Waals surface area contributed by atoms with Gasteiger partial charge in [-0.2, -0.15) is 0 Å². The van der Waals surface area contributed by atoms with Gasteiger partial charge in [0.2, 0.25) is 0 Å². The molecule has 2 amide bonds. The molecule has 0 saturated carbocycles. The summed E-state index contributed by atoms with van der Waals surface area (Å²) < 4.78 is 24.7. The van der Waals surface area contributed by atoms with Crippen molar-refractivity contribution in [2.45, 2.75) is 18.5 Å². The van der Waals surface area contributed by atoms with Crippen LogP contribution < -0.4 is 20.1 Å². The fourth-order valence-corrected chi connectivity index (χ4v) is 3.18. The number of rotatable bonds is 2. The third-order valence-electron chi connectivity index (χ3n) is 4.34. The maximum atomic E-state index is 13.8. The van der Waals surface area contributed by atoms with E-state index in [-0.39, 0.29) is 23.9 Å². The van der Waals surface area contributed by atoms with Crippen LogP contribution in [0.3, 0.4) is 0 Å². The third-order valence-corrected chi connectivity index (χ3v) is 4.34. The molecule has 0 bridgehead atoms. The van der Waals surface area contributed by atoms with Gasteiger partial charge in [-0.25, -0.2) is 9.18 Å². The van der Waals surface area contributed by atoms with Crippen molar-refractivity contribution in [2.24, 2.45) is 0 Å². The second-order valence-corrected chi connectivity index (χ2v) is 5.87. The number of hydrogen-bond acceptors (Lipinski definition) is 3. The summed E-state index contributed by atoms with van der Waals surface area (Å²) in [5.74, 6) is 0.613. The Labute approximate surface area is 138 Å². The molecule has 4 rings (SSSR count). The Morgan fingerprint density at radius 3 is 2.71 bits per heavy atom.